The Morgan fingerprint density at radius 3 is 2.53 bits per heavy atom. The van der Waals surface area contributed by atoms with E-state index >= 15 is 0 Å². The van der Waals surface area contributed by atoms with Crippen LogP contribution >= 0.6 is 0 Å². The maximum Gasteiger partial charge on any atom is 0.407 e. The third kappa shape index (κ3) is 4.78. The zero-order valence-electron chi connectivity index (χ0n) is 9.35. The highest BCUT2D eigenvalue weighted by Crippen LogP contribution is 2.22. The summed E-state index contributed by atoms with van der Waals surface area (Å²) in [6.45, 7) is 0. The predicted molar refractivity (Wildman–Crippen MR) is 58.8 cm³/mol. The molecule has 1 aromatic rings. The first kappa shape index (κ1) is 14.7. The van der Waals surface area contributed by atoms with Crippen LogP contribution in [-0.2, 0) is 11.2 Å². The van der Waals surface area contributed by atoms with Crippen LogP contribution in [-0.4, -0.2) is 22.2 Å². The summed E-state index contributed by atoms with van der Waals surface area (Å²) in [7, 11) is 0. The molecule has 8 heteroatoms. The van der Waals surface area contributed by atoms with Crippen molar-refractivity contribution in [3.8, 4) is 0 Å². The van der Waals surface area contributed by atoms with E-state index in [9.17, 15) is 28.1 Å². The molecule has 0 aliphatic carbocycles. The molecule has 1 aromatic carbocycles. The highest BCUT2D eigenvalue weighted by atomic mass is 19.4. The first-order valence-corrected chi connectivity index (χ1v) is 4.94. The molecule has 0 bridgehead atoms. The first-order valence-electron chi connectivity index (χ1n) is 4.94. The van der Waals surface area contributed by atoms with Crippen molar-refractivity contribution in [3.05, 3.63) is 51.2 Å². The number of alkyl halides is 3. The average Bonchev–Trinajstić information content (AvgIpc) is 2.23. The molecule has 0 saturated heterocycles. The largest absolute Gasteiger partial charge is 0.473 e. The lowest BCUT2D eigenvalue weighted by Gasteiger charge is -2.06. The Balaban J connectivity index is 3.09. The van der Waals surface area contributed by atoms with Crippen molar-refractivity contribution < 1.29 is 28.0 Å². The lowest BCUT2D eigenvalue weighted by molar-refractivity contribution is -0.419. The monoisotopic (exact) mass is 275 g/mol. The second-order valence-corrected chi connectivity index (χ2v) is 3.63. The maximum atomic E-state index is 12.2. The fraction of sp³-hybridized carbons (Fsp3) is 0.182. The van der Waals surface area contributed by atoms with E-state index in [1.54, 1.807) is 0 Å². The average molecular weight is 275 g/mol. The van der Waals surface area contributed by atoms with Crippen LogP contribution in [0, 0.1) is 10.1 Å². The molecular weight excluding hydrogens is 267 g/mol. The normalized spacial score (nSPS) is 12.3. The fourth-order valence-electron chi connectivity index (χ4n) is 1.37. The Labute approximate surface area is 105 Å². The van der Waals surface area contributed by atoms with Gasteiger partial charge in [-0.1, -0.05) is 24.3 Å². The number of rotatable bonds is 4. The van der Waals surface area contributed by atoms with E-state index in [0.29, 0.717) is 6.08 Å². The molecule has 19 heavy (non-hydrogen) atoms. The highest BCUT2D eigenvalue weighted by Gasteiger charge is 2.27. The molecule has 0 heterocycles. The van der Waals surface area contributed by atoms with Gasteiger partial charge < -0.3 is 5.11 Å². The van der Waals surface area contributed by atoms with Gasteiger partial charge in [0.25, 0.3) is 0 Å². The van der Waals surface area contributed by atoms with Gasteiger partial charge in [0.2, 0.25) is 0 Å². The zero-order valence-corrected chi connectivity index (χ0v) is 9.35. The van der Waals surface area contributed by atoms with Crippen LogP contribution in [0.2, 0.25) is 0 Å². The van der Waals surface area contributed by atoms with Crippen LogP contribution in [0.5, 0.6) is 0 Å². The number of carboxylic acid groups (broad SMARTS) is 1. The number of benzene rings is 1. The number of nitro groups is 1. The Bertz CT molecular complexity index is 521. The van der Waals surface area contributed by atoms with Crippen LogP contribution < -0.4 is 0 Å². The molecule has 1 N–H and O–H groups in total. The molecule has 0 atom stereocenters. The van der Waals surface area contributed by atoms with E-state index in [-0.39, 0.29) is 11.1 Å². The first-order chi connectivity index (χ1) is 8.69. The van der Waals surface area contributed by atoms with Crippen molar-refractivity contribution in [1.82, 2.24) is 0 Å². The van der Waals surface area contributed by atoms with E-state index in [0.717, 1.165) is 6.07 Å². The van der Waals surface area contributed by atoms with Crippen LogP contribution in [0.3, 0.4) is 0 Å². The molecule has 0 aliphatic heterocycles. The summed E-state index contributed by atoms with van der Waals surface area (Å²) in [5, 5.41) is 19.0. The summed E-state index contributed by atoms with van der Waals surface area (Å²) in [6, 6.07) is 4.82. The van der Waals surface area contributed by atoms with Crippen molar-refractivity contribution in [2.24, 2.45) is 0 Å². The Hall–Kier alpha value is -2.38. The van der Waals surface area contributed by atoms with Crippen LogP contribution in [0.4, 0.5) is 13.2 Å². The molecule has 0 radical (unpaired) electrons. The van der Waals surface area contributed by atoms with Gasteiger partial charge in [0.05, 0.1) is 11.3 Å². The summed E-state index contributed by atoms with van der Waals surface area (Å²) in [4.78, 5) is 19.9. The molecule has 0 fully saturated rings. The number of aliphatic carboxylic acids is 1. The highest BCUT2D eigenvalue weighted by molar-refractivity contribution is 5.89. The zero-order chi connectivity index (χ0) is 14.6. The summed E-state index contributed by atoms with van der Waals surface area (Å²) in [6.07, 6.45) is -4.88. The lowest BCUT2D eigenvalue weighted by Crippen LogP contribution is -2.12. The number of carboxylic acids is 1. The number of halogens is 3. The van der Waals surface area contributed by atoms with Crippen molar-refractivity contribution >= 4 is 12.0 Å². The molecule has 102 valence electrons. The quantitative estimate of drug-likeness (QED) is 0.520. The molecule has 0 amide bonds. The van der Waals surface area contributed by atoms with E-state index in [4.69, 9.17) is 5.11 Å². The number of hydrogen-bond acceptors (Lipinski definition) is 3. The molecular formula is C11H8F3NO4. The molecule has 0 saturated carbocycles. The molecule has 0 aliphatic rings. The van der Waals surface area contributed by atoms with Gasteiger partial charge in [0, 0.05) is 6.08 Å². The number of carbonyl (C=O) groups is 1. The van der Waals surface area contributed by atoms with Gasteiger partial charge in [-0.2, -0.15) is 13.2 Å². The third-order valence-electron chi connectivity index (χ3n) is 2.07. The second-order valence-electron chi connectivity index (χ2n) is 3.63. The smallest absolute Gasteiger partial charge is 0.407 e. The van der Waals surface area contributed by atoms with Crippen LogP contribution in [0.15, 0.2) is 30.0 Å². The molecule has 5 nitrogen and oxygen atoms in total. The van der Waals surface area contributed by atoms with E-state index in [2.05, 4.69) is 0 Å². The summed E-state index contributed by atoms with van der Waals surface area (Å²) < 4.78 is 36.5. The minimum atomic E-state index is -4.40. The SMILES string of the molecule is O=C(O)C(=Cc1cccc(CC(F)(F)F)c1)[N+](=O)[O-]. The third-order valence-corrected chi connectivity index (χ3v) is 2.07. The standard InChI is InChI=1S/C11H8F3NO4/c12-11(13,14)6-8-3-1-2-7(4-8)5-9(10(16)17)15(18)19/h1-5H,6H2,(H,16,17). The topological polar surface area (TPSA) is 80.4 Å². The van der Waals surface area contributed by atoms with Crippen molar-refractivity contribution in [1.29, 1.82) is 0 Å². The summed E-state index contributed by atoms with van der Waals surface area (Å²) >= 11 is 0. The Morgan fingerprint density at radius 1 is 1.42 bits per heavy atom. The predicted octanol–water partition coefficient (Wildman–Crippen LogP) is 2.49. The van der Waals surface area contributed by atoms with E-state index < -0.39 is 29.2 Å². The Morgan fingerprint density at radius 2 is 2.05 bits per heavy atom. The van der Waals surface area contributed by atoms with Gasteiger partial charge in [0.1, 0.15) is 0 Å². The van der Waals surface area contributed by atoms with Crippen LogP contribution in [0.25, 0.3) is 6.08 Å². The summed E-state index contributed by atoms with van der Waals surface area (Å²) in [5.41, 5.74) is -1.19. The van der Waals surface area contributed by atoms with Gasteiger partial charge in [0.15, 0.2) is 0 Å². The maximum absolute atomic E-state index is 12.2. The van der Waals surface area contributed by atoms with Crippen LogP contribution in [0.1, 0.15) is 11.1 Å². The number of hydrogen-bond donors (Lipinski definition) is 1. The van der Waals surface area contributed by atoms with Crippen molar-refractivity contribution in [2.45, 2.75) is 12.6 Å². The van der Waals surface area contributed by atoms with Gasteiger partial charge in [-0.3, -0.25) is 10.1 Å². The second kappa shape index (κ2) is 5.51. The molecule has 0 aromatic heterocycles. The molecule has 1 rings (SSSR count). The van der Waals surface area contributed by atoms with E-state index in [1.165, 1.54) is 18.2 Å². The van der Waals surface area contributed by atoms with Gasteiger partial charge in [-0.05, 0) is 11.1 Å². The van der Waals surface area contributed by atoms with E-state index in [1.807, 2.05) is 0 Å². The fourth-order valence-corrected chi connectivity index (χ4v) is 1.37. The minimum absolute atomic E-state index is 0.0239. The van der Waals surface area contributed by atoms with Gasteiger partial charge in [-0.15, -0.1) is 0 Å². The van der Waals surface area contributed by atoms with Crippen molar-refractivity contribution in [2.75, 3.05) is 0 Å². The molecule has 0 spiro atoms. The summed E-state index contributed by atoms with van der Waals surface area (Å²) in [5.74, 6) is -1.76. The van der Waals surface area contributed by atoms with Gasteiger partial charge >= 0.3 is 17.8 Å². The van der Waals surface area contributed by atoms with Crippen molar-refractivity contribution in [3.63, 3.8) is 0 Å². The van der Waals surface area contributed by atoms with Gasteiger partial charge in [-0.25, -0.2) is 4.79 Å². The minimum Gasteiger partial charge on any atom is -0.473 e. The molecule has 0 unspecified atom stereocenters. The lowest BCUT2D eigenvalue weighted by atomic mass is 10.1. The Kier molecular flexibility index (Phi) is 4.26. The number of nitrogens with zero attached hydrogens (tertiary/aromatic N) is 1.